The lowest BCUT2D eigenvalue weighted by Gasteiger charge is -2.30. The van der Waals surface area contributed by atoms with Crippen LogP contribution >= 0.6 is 11.6 Å². The standard InChI is InChI=1S/C25H33ClN2O2/c1-5-17(2)16-30-24-11-10-22-15-28(13-12-23(22)25(24)26)14-20-6-8-21(9-7-20)18(3)27-19(4)29/h6-11,17-18H,5,12-16H2,1-4H3,(H,27,29). The summed E-state index contributed by atoms with van der Waals surface area (Å²) in [7, 11) is 0. The topological polar surface area (TPSA) is 41.6 Å². The van der Waals surface area contributed by atoms with Gasteiger partial charge in [-0.1, -0.05) is 62.2 Å². The van der Waals surface area contributed by atoms with Crippen LogP contribution in [0.25, 0.3) is 0 Å². The number of halogens is 1. The molecule has 0 fully saturated rings. The van der Waals surface area contributed by atoms with Crippen molar-refractivity contribution in [1.82, 2.24) is 10.2 Å². The highest BCUT2D eigenvalue weighted by molar-refractivity contribution is 6.33. The van der Waals surface area contributed by atoms with Gasteiger partial charge in [-0.3, -0.25) is 9.69 Å². The van der Waals surface area contributed by atoms with E-state index in [9.17, 15) is 4.79 Å². The molecule has 0 radical (unpaired) electrons. The third-order valence-electron chi connectivity index (χ3n) is 5.90. The molecular formula is C25H33ClN2O2. The molecule has 0 bridgehead atoms. The number of benzene rings is 2. The predicted octanol–water partition coefficient (Wildman–Crippen LogP) is 5.52. The van der Waals surface area contributed by atoms with Gasteiger partial charge in [0.15, 0.2) is 0 Å². The zero-order chi connectivity index (χ0) is 21.7. The van der Waals surface area contributed by atoms with E-state index in [0.29, 0.717) is 12.5 Å². The van der Waals surface area contributed by atoms with Crippen LogP contribution < -0.4 is 10.1 Å². The van der Waals surface area contributed by atoms with Gasteiger partial charge in [-0.2, -0.15) is 0 Å². The fraction of sp³-hybridized carbons (Fsp3) is 0.480. The first kappa shape index (κ1) is 22.6. The minimum atomic E-state index is -0.00866. The van der Waals surface area contributed by atoms with E-state index in [4.69, 9.17) is 16.3 Å². The van der Waals surface area contributed by atoms with E-state index in [1.165, 1.54) is 16.7 Å². The van der Waals surface area contributed by atoms with Gasteiger partial charge in [0.25, 0.3) is 0 Å². The number of rotatable bonds is 8. The number of nitrogens with zero attached hydrogens (tertiary/aromatic N) is 1. The third-order valence-corrected chi connectivity index (χ3v) is 6.32. The average molecular weight is 429 g/mol. The fourth-order valence-electron chi connectivity index (χ4n) is 3.80. The molecule has 1 heterocycles. The molecule has 1 N–H and O–H groups in total. The Morgan fingerprint density at radius 1 is 1.20 bits per heavy atom. The quantitative estimate of drug-likeness (QED) is 0.601. The molecule has 0 spiro atoms. The maximum absolute atomic E-state index is 11.2. The van der Waals surface area contributed by atoms with E-state index in [1.54, 1.807) is 6.92 Å². The van der Waals surface area contributed by atoms with Crippen LogP contribution in [0, 0.1) is 5.92 Å². The van der Waals surface area contributed by atoms with Crippen molar-refractivity contribution < 1.29 is 9.53 Å². The molecule has 2 aromatic carbocycles. The van der Waals surface area contributed by atoms with Crippen LogP contribution in [-0.2, 0) is 24.3 Å². The van der Waals surface area contributed by atoms with E-state index >= 15 is 0 Å². The summed E-state index contributed by atoms with van der Waals surface area (Å²) < 4.78 is 5.96. The maximum atomic E-state index is 11.2. The first-order chi connectivity index (χ1) is 14.4. The molecule has 5 heteroatoms. The Labute approximate surface area is 185 Å². The number of fused-ring (bicyclic) bond motifs is 1. The molecular weight excluding hydrogens is 396 g/mol. The molecule has 0 saturated heterocycles. The van der Waals surface area contributed by atoms with Crippen LogP contribution in [-0.4, -0.2) is 24.0 Å². The molecule has 2 aromatic rings. The Morgan fingerprint density at radius 3 is 2.60 bits per heavy atom. The van der Waals surface area contributed by atoms with Crippen molar-refractivity contribution in [2.75, 3.05) is 13.2 Å². The van der Waals surface area contributed by atoms with E-state index in [2.05, 4.69) is 54.4 Å². The summed E-state index contributed by atoms with van der Waals surface area (Å²) in [4.78, 5) is 13.7. The number of carbonyl (C=O) groups excluding carboxylic acids is 1. The van der Waals surface area contributed by atoms with Crippen LogP contribution in [0.1, 0.15) is 62.4 Å². The third kappa shape index (κ3) is 5.77. The molecule has 0 aromatic heterocycles. The van der Waals surface area contributed by atoms with Gasteiger partial charge in [0, 0.05) is 26.6 Å². The Balaban J connectivity index is 1.61. The Morgan fingerprint density at radius 2 is 1.93 bits per heavy atom. The molecule has 1 aliphatic rings. The minimum absolute atomic E-state index is 0.00866. The molecule has 162 valence electrons. The number of carbonyl (C=O) groups is 1. The molecule has 2 unspecified atom stereocenters. The van der Waals surface area contributed by atoms with Gasteiger partial charge in [-0.25, -0.2) is 0 Å². The van der Waals surface area contributed by atoms with Crippen molar-refractivity contribution in [3.8, 4) is 5.75 Å². The Bertz CT molecular complexity index is 866. The lowest BCUT2D eigenvalue weighted by atomic mass is 9.98. The SMILES string of the molecule is CCC(C)COc1ccc2c(c1Cl)CCN(Cc1ccc(C(C)NC(C)=O)cc1)C2. The van der Waals surface area contributed by atoms with Crippen molar-refractivity contribution in [1.29, 1.82) is 0 Å². The molecule has 2 atom stereocenters. The Hall–Kier alpha value is -2.04. The second kappa shape index (κ2) is 10.3. The van der Waals surface area contributed by atoms with Gasteiger partial charge in [0.05, 0.1) is 17.7 Å². The molecule has 1 amide bonds. The van der Waals surface area contributed by atoms with Gasteiger partial charge in [-0.05, 0) is 47.6 Å². The van der Waals surface area contributed by atoms with Crippen LogP contribution in [0.3, 0.4) is 0 Å². The lowest BCUT2D eigenvalue weighted by molar-refractivity contribution is -0.119. The van der Waals surface area contributed by atoms with Crippen LogP contribution in [0.4, 0.5) is 0 Å². The summed E-state index contributed by atoms with van der Waals surface area (Å²) in [6, 6.07) is 12.7. The minimum Gasteiger partial charge on any atom is -0.492 e. The van der Waals surface area contributed by atoms with Crippen molar-refractivity contribution >= 4 is 17.5 Å². The molecule has 0 aliphatic carbocycles. The number of hydrogen-bond acceptors (Lipinski definition) is 3. The number of amides is 1. The largest absolute Gasteiger partial charge is 0.492 e. The van der Waals surface area contributed by atoms with Crippen LogP contribution in [0.15, 0.2) is 36.4 Å². The van der Waals surface area contributed by atoms with Gasteiger partial charge in [0.1, 0.15) is 5.75 Å². The van der Waals surface area contributed by atoms with E-state index in [0.717, 1.165) is 48.8 Å². The number of ether oxygens (including phenoxy) is 1. The van der Waals surface area contributed by atoms with E-state index in [1.807, 2.05) is 13.0 Å². The molecule has 0 saturated carbocycles. The lowest BCUT2D eigenvalue weighted by Crippen LogP contribution is -2.30. The average Bonchev–Trinajstić information content (AvgIpc) is 2.73. The first-order valence-electron chi connectivity index (χ1n) is 10.9. The van der Waals surface area contributed by atoms with Gasteiger partial charge in [0.2, 0.25) is 5.91 Å². The molecule has 3 rings (SSSR count). The first-order valence-corrected chi connectivity index (χ1v) is 11.3. The van der Waals surface area contributed by atoms with E-state index < -0.39 is 0 Å². The highest BCUT2D eigenvalue weighted by Crippen LogP contribution is 2.34. The second-order valence-electron chi connectivity index (χ2n) is 8.46. The summed E-state index contributed by atoms with van der Waals surface area (Å²) in [6.07, 6.45) is 2.04. The summed E-state index contributed by atoms with van der Waals surface area (Å²) in [5.41, 5.74) is 4.92. The predicted molar refractivity (Wildman–Crippen MR) is 123 cm³/mol. The fourth-order valence-corrected chi connectivity index (χ4v) is 4.14. The Kier molecular flexibility index (Phi) is 7.79. The summed E-state index contributed by atoms with van der Waals surface area (Å²) in [5, 5.41) is 3.71. The number of nitrogens with one attached hydrogen (secondary N) is 1. The zero-order valence-electron chi connectivity index (χ0n) is 18.5. The monoisotopic (exact) mass is 428 g/mol. The highest BCUT2D eigenvalue weighted by Gasteiger charge is 2.21. The number of hydrogen-bond donors (Lipinski definition) is 1. The molecule has 4 nitrogen and oxygen atoms in total. The normalized spacial score (nSPS) is 15.9. The van der Waals surface area contributed by atoms with E-state index in [-0.39, 0.29) is 11.9 Å². The summed E-state index contributed by atoms with van der Waals surface area (Å²) >= 11 is 6.67. The summed E-state index contributed by atoms with van der Waals surface area (Å²) in [6.45, 7) is 11.4. The van der Waals surface area contributed by atoms with Crippen molar-refractivity contribution in [3.63, 3.8) is 0 Å². The van der Waals surface area contributed by atoms with Crippen molar-refractivity contribution in [2.45, 2.75) is 59.7 Å². The summed E-state index contributed by atoms with van der Waals surface area (Å²) in [5.74, 6) is 1.33. The molecule has 1 aliphatic heterocycles. The van der Waals surface area contributed by atoms with Crippen LogP contribution in [0.2, 0.25) is 5.02 Å². The van der Waals surface area contributed by atoms with Crippen LogP contribution in [0.5, 0.6) is 5.75 Å². The van der Waals surface area contributed by atoms with Crippen molar-refractivity contribution in [3.05, 3.63) is 63.7 Å². The maximum Gasteiger partial charge on any atom is 0.217 e. The molecule has 30 heavy (non-hydrogen) atoms. The van der Waals surface area contributed by atoms with Gasteiger partial charge >= 0.3 is 0 Å². The van der Waals surface area contributed by atoms with Crippen molar-refractivity contribution in [2.24, 2.45) is 5.92 Å². The smallest absolute Gasteiger partial charge is 0.217 e. The van der Waals surface area contributed by atoms with Gasteiger partial charge in [-0.15, -0.1) is 0 Å². The van der Waals surface area contributed by atoms with Gasteiger partial charge < -0.3 is 10.1 Å². The second-order valence-corrected chi connectivity index (χ2v) is 8.84. The highest BCUT2D eigenvalue weighted by atomic mass is 35.5. The zero-order valence-corrected chi connectivity index (χ0v) is 19.3.